The number of para-hydroxylation sites is 1. The number of carbonyl (C=O) groups excluding carboxylic acids is 1. The Morgan fingerprint density at radius 3 is 2.73 bits per heavy atom. The van der Waals surface area contributed by atoms with Gasteiger partial charge in [0.2, 0.25) is 0 Å². The second kappa shape index (κ2) is 6.39. The predicted octanol–water partition coefficient (Wildman–Crippen LogP) is 1.91. The van der Waals surface area contributed by atoms with Crippen molar-refractivity contribution in [2.75, 3.05) is 25.2 Å². The second-order valence-electron chi connectivity index (χ2n) is 4.89. The standard InChI is InChI=1S/C15H19NO5S/c1-4-22(18,19)9-8-16-15(17)13-10(2)11-6-5-7-12(20-3)14(11)21-13/h5-7H,4,8-9H2,1-3H3,(H,16,17). The van der Waals surface area contributed by atoms with Gasteiger partial charge >= 0.3 is 0 Å². The van der Waals surface area contributed by atoms with Crippen LogP contribution in [0.5, 0.6) is 5.75 Å². The van der Waals surface area contributed by atoms with Crippen LogP contribution in [0.25, 0.3) is 11.0 Å². The van der Waals surface area contributed by atoms with E-state index in [4.69, 9.17) is 9.15 Å². The maximum Gasteiger partial charge on any atom is 0.287 e. The zero-order chi connectivity index (χ0) is 16.3. The van der Waals surface area contributed by atoms with Crippen LogP contribution in [0.4, 0.5) is 0 Å². The van der Waals surface area contributed by atoms with Crippen molar-refractivity contribution in [3.05, 3.63) is 29.5 Å². The topological polar surface area (TPSA) is 85.6 Å². The van der Waals surface area contributed by atoms with Crippen molar-refractivity contribution in [1.82, 2.24) is 5.32 Å². The molecule has 1 heterocycles. The average Bonchev–Trinajstić information content (AvgIpc) is 2.84. The van der Waals surface area contributed by atoms with E-state index in [1.165, 1.54) is 7.11 Å². The van der Waals surface area contributed by atoms with Gasteiger partial charge in [-0.25, -0.2) is 8.42 Å². The van der Waals surface area contributed by atoms with Crippen LogP contribution >= 0.6 is 0 Å². The molecular weight excluding hydrogens is 306 g/mol. The van der Waals surface area contributed by atoms with Crippen molar-refractivity contribution in [1.29, 1.82) is 0 Å². The number of benzene rings is 1. The van der Waals surface area contributed by atoms with Crippen molar-refractivity contribution < 1.29 is 22.4 Å². The Hall–Kier alpha value is -2.02. The monoisotopic (exact) mass is 325 g/mol. The van der Waals surface area contributed by atoms with Gasteiger partial charge in [0, 0.05) is 23.2 Å². The summed E-state index contributed by atoms with van der Waals surface area (Å²) in [5, 5.41) is 3.37. The number of aryl methyl sites for hydroxylation is 1. The molecule has 1 amide bonds. The lowest BCUT2D eigenvalue weighted by Crippen LogP contribution is -2.29. The summed E-state index contributed by atoms with van der Waals surface area (Å²) >= 11 is 0. The van der Waals surface area contributed by atoms with E-state index in [-0.39, 0.29) is 23.8 Å². The molecule has 1 aromatic heterocycles. The van der Waals surface area contributed by atoms with Gasteiger partial charge in [0.25, 0.3) is 5.91 Å². The smallest absolute Gasteiger partial charge is 0.287 e. The van der Waals surface area contributed by atoms with E-state index >= 15 is 0 Å². The molecule has 2 aromatic rings. The number of methoxy groups -OCH3 is 1. The Bertz CT molecular complexity index is 792. The summed E-state index contributed by atoms with van der Waals surface area (Å²) in [5.74, 6) is 0.269. The lowest BCUT2D eigenvalue weighted by molar-refractivity contribution is 0.0929. The van der Waals surface area contributed by atoms with Gasteiger partial charge in [0.05, 0.1) is 12.9 Å². The Balaban J connectivity index is 2.20. The lowest BCUT2D eigenvalue weighted by Gasteiger charge is -2.04. The number of hydrogen-bond acceptors (Lipinski definition) is 5. The Kier molecular flexibility index (Phi) is 4.75. The molecule has 22 heavy (non-hydrogen) atoms. The van der Waals surface area contributed by atoms with Crippen LogP contribution in [0, 0.1) is 6.92 Å². The highest BCUT2D eigenvalue weighted by Gasteiger charge is 2.20. The third-order valence-electron chi connectivity index (χ3n) is 3.49. The maximum atomic E-state index is 12.2. The molecule has 0 saturated heterocycles. The van der Waals surface area contributed by atoms with E-state index in [9.17, 15) is 13.2 Å². The van der Waals surface area contributed by atoms with Crippen LogP contribution in [-0.2, 0) is 9.84 Å². The molecule has 0 bridgehead atoms. The van der Waals surface area contributed by atoms with E-state index in [2.05, 4.69) is 5.32 Å². The van der Waals surface area contributed by atoms with Gasteiger partial charge < -0.3 is 14.5 Å². The van der Waals surface area contributed by atoms with Crippen molar-refractivity contribution in [2.24, 2.45) is 0 Å². The fraction of sp³-hybridized carbons (Fsp3) is 0.400. The predicted molar refractivity (Wildman–Crippen MR) is 84.2 cm³/mol. The fourth-order valence-corrected chi connectivity index (χ4v) is 2.84. The highest BCUT2D eigenvalue weighted by molar-refractivity contribution is 7.91. The molecule has 0 saturated carbocycles. The minimum absolute atomic E-state index is 0.0582. The zero-order valence-electron chi connectivity index (χ0n) is 12.8. The fourth-order valence-electron chi connectivity index (χ4n) is 2.14. The number of nitrogens with one attached hydrogen (secondary N) is 1. The Morgan fingerprint density at radius 2 is 2.09 bits per heavy atom. The van der Waals surface area contributed by atoms with Crippen molar-refractivity contribution in [3.8, 4) is 5.75 Å². The molecule has 6 nitrogen and oxygen atoms in total. The first-order valence-electron chi connectivity index (χ1n) is 6.94. The SMILES string of the molecule is CCS(=O)(=O)CCNC(=O)c1oc2c(OC)cccc2c1C. The van der Waals surface area contributed by atoms with Gasteiger partial charge in [0.15, 0.2) is 26.9 Å². The molecule has 1 aromatic carbocycles. The molecule has 7 heteroatoms. The van der Waals surface area contributed by atoms with E-state index in [0.29, 0.717) is 16.9 Å². The normalized spacial score (nSPS) is 11.6. The summed E-state index contributed by atoms with van der Waals surface area (Å²) < 4.78 is 33.7. The van der Waals surface area contributed by atoms with Crippen LogP contribution in [0.2, 0.25) is 0 Å². The number of amides is 1. The van der Waals surface area contributed by atoms with Gasteiger partial charge in [-0.3, -0.25) is 4.79 Å². The molecular formula is C15H19NO5S. The first kappa shape index (κ1) is 16.4. The van der Waals surface area contributed by atoms with Crippen LogP contribution in [0.15, 0.2) is 22.6 Å². The van der Waals surface area contributed by atoms with E-state index in [0.717, 1.165) is 5.39 Å². The number of rotatable bonds is 6. The van der Waals surface area contributed by atoms with Crippen LogP contribution in [0.3, 0.4) is 0 Å². The molecule has 120 valence electrons. The molecule has 0 unspecified atom stereocenters. The first-order valence-corrected chi connectivity index (χ1v) is 8.76. The summed E-state index contributed by atoms with van der Waals surface area (Å²) in [6, 6.07) is 5.41. The largest absolute Gasteiger partial charge is 0.493 e. The minimum atomic E-state index is -3.11. The van der Waals surface area contributed by atoms with Gasteiger partial charge in [-0.1, -0.05) is 19.1 Å². The minimum Gasteiger partial charge on any atom is -0.493 e. The summed E-state index contributed by atoms with van der Waals surface area (Å²) in [4.78, 5) is 12.2. The number of carbonyl (C=O) groups is 1. The van der Waals surface area contributed by atoms with E-state index in [1.54, 1.807) is 19.9 Å². The van der Waals surface area contributed by atoms with Gasteiger partial charge in [-0.05, 0) is 13.0 Å². The molecule has 0 aliphatic carbocycles. The first-order chi connectivity index (χ1) is 10.4. The molecule has 0 radical (unpaired) electrons. The number of ether oxygens (including phenoxy) is 1. The third kappa shape index (κ3) is 3.24. The van der Waals surface area contributed by atoms with Crippen molar-refractivity contribution in [3.63, 3.8) is 0 Å². The van der Waals surface area contributed by atoms with Crippen LogP contribution in [0.1, 0.15) is 23.0 Å². The van der Waals surface area contributed by atoms with Crippen molar-refractivity contribution >= 4 is 26.7 Å². The second-order valence-corrected chi connectivity index (χ2v) is 7.36. The molecule has 2 rings (SSSR count). The van der Waals surface area contributed by atoms with E-state index in [1.807, 2.05) is 12.1 Å². The molecule has 0 atom stereocenters. The summed E-state index contributed by atoms with van der Waals surface area (Å²) in [6.45, 7) is 3.42. The maximum absolute atomic E-state index is 12.2. The number of furan rings is 1. The molecule has 0 aliphatic rings. The zero-order valence-corrected chi connectivity index (χ0v) is 13.6. The number of fused-ring (bicyclic) bond motifs is 1. The summed E-state index contributed by atoms with van der Waals surface area (Å²) in [7, 11) is -1.58. The molecule has 0 fully saturated rings. The molecule has 1 N–H and O–H groups in total. The average molecular weight is 325 g/mol. The number of hydrogen-bond donors (Lipinski definition) is 1. The Labute approximate surface area is 129 Å². The highest BCUT2D eigenvalue weighted by atomic mass is 32.2. The van der Waals surface area contributed by atoms with E-state index < -0.39 is 15.7 Å². The summed E-state index contributed by atoms with van der Waals surface area (Å²) in [5.41, 5.74) is 1.21. The molecule has 0 spiro atoms. The molecule has 0 aliphatic heterocycles. The summed E-state index contributed by atoms with van der Waals surface area (Å²) in [6.07, 6.45) is 0. The van der Waals surface area contributed by atoms with Gasteiger partial charge in [-0.15, -0.1) is 0 Å². The number of sulfone groups is 1. The van der Waals surface area contributed by atoms with Gasteiger partial charge in [0.1, 0.15) is 0 Å². The van der Waals surface area contributed by atoms with Crippen LogP contribution in [-0.4, -0.2) is 39.5 Å². The van der Waals surface area contributed by atoms with Gasteiger partial charge in [-0.2, -0.15) is 0 Å². The quantitative estimate of drug-likeness (QED) is 0.877. The van der Waals surface area contributed by atoms with Crippen molar-refractivity contribution in [2.45, 2.75) is 13.8 Å². The lowest BCUT2D eigenvalue weighted by atomic mass is 10.1. The third-order valence-corrected chi connectivity index (χ3v) is 5.20. The van der Waals surface area contributed by atoms with Crippen LogP contribution < -0.4 is 10.1 Å². The Morgan fingerprint density at radius 1 is 1.36 bits per heavy atom. The highest BCUT2D eigenvalue weighted by Crippen LogP contribution is 2.32.